The molecule has 2 unspecified atom stereocenters. The van der Waals surface area contributed by atoms with Crippen molar-refractivity contribution in [2.24, 2.45) is 5.92 Å². The lowest BCUT2D eigenvalue weighted by atomic mass is 10.1. The summed E-state index contributed by atoms with van der Waals surface area (Å²) in [5.74, 6) is -0.674. The average Bonchev–Trinajstić information content (AvgIpc) is 3.07. The van der Waals surface area contributed by atoms with Crippen LogP contribution in [0.25, 0.3) is 0 Å². The van der Waals surface area contributed by atoms with E-state index >= 15 is 0 Å². The molecule has 1 saturated heterocycles. The van der Waals surface area contributed by atoms with Gasteiger partial charge in [0, 0.05) is 31.5 Å². The minimum atomic E-state index is -1.06. The van der Waals surface area contributed by atoms with Crippen molar-refractivity contribution in [3.63, 3.8) is 0 Å². The van der Waals surface area contributed by atoms with E-state index in [0.717, 1.165) is 6.42 Å². The maximum atomic E-state index is 12.2. The van der Waals surface area contributed by atoms with E-state index in [-0.39, 0.29) is 17.8 Å². The van der Waals surface area contributed by atoms with E-state index in [1.807, 2.05) is 0 Å². The molecule has 1 aliphatic rings. The van der Waals surface area contributed by atoms with E-state index in [2.05, 4.69) is 10.3 Å². The summed E-state index contributed by atoms with van der Waals surface area (Å²) in [4.78, 5) is 28.7. The number of aromatic carboxylic acids is 1. The van der Waals surface area contributed by atoms with Crippen LogP contribution in [0.4, 0.5) is 4.79 Å². The number of carbonyl (C=O) groups excluding carboxylic acids is 1. The van der Waals surface area contributed by atoms with Crippen LogP contribution in [-0.2, 0) is 4.74 Å². The van der Waals surface area contributed by atoms with Crippen LogP contribution in [0.3, 0.4) is 0 Å². The van der Waals surface area contributed by atoms with Crippen LogP contribution in [0.5, 0.6) is 0 Å². The van der Waals surface area contributed by atoms with Gasteiger partial charge in [-0.05, 0) is 13.3 Å². The molecule has 0 aliphatic carbocycles. The van der Waals surface area contributed by atoms with Gasteiger partial charge in [0.1, 0.15) is 5.01 Å². The lowest BCUT2D eigenvalue weighted by Gasteiger charge is -2.20. The Morgan fingerprint density at radius 1 is 1.67 bits per heavy atom. The summed E-state index contributed by atoms with van der Waals surface area (Å²) in [6.45, 7) is 3.86. The van der Waals surface area contributed by atoms with Gasteiger partial charge in [0.25, 0.3) is 0 Å². The first kappa shape index (κ1) is 15.7. The van der Waals surface area contributed by atoms with Crippen molar-refractivity contribution in [2.75, 3.05) is 26.8 Å². The van der Waals surface area contributed by atoms with Gasteiger partial charge in [0.05, 0.1) is 12.6 Å². The molecule has 8 heteroatoms. The van der Waals surface area contributed by atoms with Crippen LogP contribution in [0, 0.1) is 5.92 Å². The smallest absolute Gasteiger partial charge is 0.355 e. The van der Waals surface area contributed by atoms with Crippen LogP contribution < -0.4 is 5.32 Å². The number of aromatic nitrogens is 1. The fraction of sp³-hybridized carbons (Fsp3) is 0.615. The third-order valence-electron chi connectivity index (χ3n) is 3.43. The molecule has 116 valence electrons. The molecule has 2 N–H and O–H groups in total. The van der Waals surface area contributed by atoms with Gasteiger partial charge in [-0.2, -0.15) is 0 Å². The summed E-state index contributed by atoms with van der Waals surface area (Å²) >= 11 is 1.23. The van der Waals surface area contributed by atoms with Gasteiger partial charge in [-0.3, -0.25) is 0 Å². The Morgan fingerprint density at radius 3 is 3.05 bits per heavy atom. The number of carboxylic acid groups (broad SMARTS) is 1. The first-order valence-electron chi connectivity index (χ1n) is 6.74. The Labute approximate surface area is 126 Å². The normalized spacial score (nSPS) is 19.5. The van der Waals surface area contributed by atoms with Gasteiger partial charge in [-0.15, -0.1) is 11.3 Å². The minimum absolute atomic E-state index is 0.0115. The number of urea groups is 1. The zero-order valence-corrected chi connectivity index (χ0v) is 12.9. The highest BCUT2D eigenvalue weighted by atomic mass is 32.1. The highest BCUT2D eigenvalue weighted by molar-refractivity contribution is 7.09. The number of amides is 2. The number of nitrogens with one attached hydrogen (secondary N) is 1. The second-order valence-corrected chi connectivity index (χ2v) is 5.99. The van der Waals surface area contributed by atoms with Crippen molar-refractivity contribution >= 4 is 23.3 Å². The molecule has 1 aromatic rings. The number of methoxy groups -OCH3 is 1. The number of hydrogen-bond acceptors (Lipinski definition) is 5. The summed E-state index contributed by atoms with van der Waals surface area (Å²) in [6, 6.07) is -0.453. The lowest BCUT2D eigenvalue weighted by Crippen LogP contribution is -2.39. The van der Waals surface area contributed by atoms with Crippen molar-refractivity contribution in [1.29, 1.82) is 0 Å². The highest BCUT2D eigenvalue weighted by Gasteiger charge is 2.27. The first-order valence-corrected chi connectivity index (χ1v) is 7.62. The molecule has 0 spiro atoms. The molecule has 0 radical (unpaired) electrons. The largest absolute Gasteiger partial charge is 0.476 e. The molecule has 7 nitrogen and oxygen atoms in total. The Hall–Kier alpha value is -1.67. The quantitative estimate of drug-likeness (QED) is 0.861. The highest BCUT2D eigenvalue weighted by Crippen LogP contribution is 2.20. The minimum Gasteiger partial charge on any atom is -0.476 e. The van der Waals surface area contributed by atoms with E-state index in [9.17, 15) is 9.59 Å². The molecule has 2 atom stereocenters. The summed E-state index contributed by atoms with van der Waals surface area (Å²) < 4.78 is 5.11. The predicted octanol–water partition coefficient (Wildman–Crippen LogP) is 1.58. The number of rotatable bonds is 5. The number of hydrogen-bond donors (Lipinski definition) is 2. The standard InChI is InChI=1S/C13H19N3O4S/c1-8(11-15-10(7-21-11)12(17)18)14-13(19)16-4-3-9(5-16)6-20-2/h7-9H,3-6H2,1-2H3,(H,14,19)(H,17,18). The Morgan fingerprint density at radius 2 is 2.43 bits per heavy atom. The van der Waals surface area contributed by atoms with Crippen LogP contribution in [0.2, 0.25) is 0 Å². The van der Waals surface area contributed by atoms with Crippen LogP contribution >= 0.6 is 11.3 Å². The van der Waals surface area contributed by atoms with E-state index in [1.54, 1.807) is 18.9 Å². The molecule has 2 amide bonds. The van der Waals surface area contributed by atoms with Gasteiger partial charge < -0.3 is 20.1 Å². The number of ether oxygens (including phenoxy) is 1. The van der Waals surface area contributed by atoms with Gasteiger partial charge in [0.2, 0.25) is 0 Å². The fourth-order valence-electron chi connectivity index (χ4n) is 2.31. The van der Waals surface area contributed by atoms with Crippen molar-refractivity contribution < 1.29 is 19.4 Å². The van der Waals surface area contributed by atoms with Gasteiger partial charge in [0.15, 0.2) is 5.69 Å². The van der Waals surface area contributed by atoms with Crippen molar-refractivity contribution in [3.05, 3.63) is 16.1 Å². The summed E-state index contributed by atoms with van der Waals surface area (Å²) in [5, 5.41) is 13.8. The predicted molar refractivity (Wildman–Crippen MR) is 77.6 cm³/mol. The fourth-order valence-corrected chi connectivity index (χ4v) is 3.11. The second-order valence-electron chi connectivity index (χ2n) is 5.10. The van der Waals surface area contributed by atoms with Gasteiger partial charge in [-0.1, -0.05) is 0 Å². The van der Waals surface area contributed by atoms with Crippen LogP contribution in [-0.4, -0.2) is 53.8 Å². The number of thiazole rings is 1. The van der Waals surface area contributed by atoms with Crippen molar-refractivity contribution in [3.8, 4) is 0 Å². The molecule has 0 saturated carbocycles. The SMILES string of the molecule is COCC1CCN(C(=O)NC(C)c2nc(C(=O)O)cs2)C1. The summed E-state index contributed by atoms with van der Waals surface area (Å²) in [7, 11) is 1.66. The number of likely N-dealkylation sites (tertiary alicyclic amines) is 1. The maximum absolute atomic E-state index is 12.2. The molecule has 1 aromatic heterocycles. The van der Waals surface area contributed by atoms with Crippen molar-refractivity contribution in [1.82, 2.24) is 15.2 Å². The second kappa shape index (κ2) is 6.86. The topological polar surface area (TPSA) is 91.8 Å². The summed E-state index contributed by atoms with van der Waals surface area (Å²) in [6.07, 6.45) is 0.941. The van der Waals surface area contributed by atoms with Crippen LogP contribution in [0.15, 0.2) is 5.38 Å². The molecule has 2 heterocycles. The maximum Gasteiger partial charge on any atom is 0.355 e. The van der Waals surface area contributed by atoms with Gasteiger partial charge in [-0.25, -0.2) is 14.6 Å². The molecule has 0 aromatic carbocycles. The van der Waals surface area contributed by atoms with E-state index in [0.29, 0.717) is 30.6 Å². The van der Waals surface area contributed by atoms with Gasteiger partial charge >= 0.3 is 12.0 Å². The summed E-state index contributed by atoms with van der Waals surface area (Å²) in [5.41, 5.74) is 0.0115. The molecular formula is C13H19N3O4S. The van der Waals surface area contributed by atoms with E-state index < -0.39 is 5.97 Å². The Bertz CT molecular complexity index is 519. The monoisotopic (exact) mass is 313 g/mol. The zero-order chi connectivity index (χ0) is 15.4. The molecule has 21 heavy (non-hydrogen) atoms. The third kappa shape index (κ3) is 3.92. The Kier molecular flexibility index (Phi) is 5.13. The van der Waals surface area contributed by atoms with Crippen molar-refractivity contribution in [2.45, 2.75) is 19.4 Å². The molecular weight excluding hydrogens is 294 g/mol. The first-order chi connectivity index (χ1) is 10.0. The Balaban J connectivity index is 1.88. The van der Waals surface area contributed by atoms with Crippen LogP contribution in [0.1, 0.15) is 34.9 Å². The lowest BCUT2D eigenvalue weighted by molar-refractivity contribution is 0.0691. The molecule has 2 rings (SSSR count). The third-order valence-corrected chi connectivity index (χ3v) is 4.45. The zero-order valence-electron chi connectivity index (χ0n) is 12.0. The van der Waals surface area contributed by atoms with E-state index in [4.69, 9.17) is 9.84 Å². The van der Waals surface area contributed by atoms with E-state index in [1.165, 1.54) is 16.7 Å². The number of nitrogens with zero attached hydrogens (tertiary/aromatic N) is 2. The number of carbonyl (C=O) groups is 2. The molecule has 0 bridgehead atoms. The molecule has 1 aliphatic heterocycles. The average molecular weight is 313 g/mol. The number of carboxylic acids is 1. The molecule has 1 fully saturated rings.